The molecular weight excluding hydrogens is 266 g/mol. The van der Waals surface area contributed by atoms with E-state index >= 15 is 0 Å². The van der Waals surface area contributed by atoms with Crippen LogP contribution in [0.25, 0.3) is 0 Å². The van der Waals surface area contributed by atoms with E-state index in [-0.39, 0.29) is 5.84 Å². The number of aromatic nitrogens is 1. The van der Waals surface area contributed by atoms with E-state index in [4.69, 9.17) is 10.9 Å². The molecule has 6 nitrogen and oxygen atoms in total. The molecule has 3 rings (SSSR count). The second-order valence-corrected chi connectivity index (χ2v) is 6.05. The minimum Gasteiger partial charge on any atom is -0.409 e. The lowest BCUT2D eigenvalue weighted by atomic mass is 9.84. The number of hydrogen-bond donors (Lipinski definition) is 2. The number of rotatable bonds is 2. The number of hydrogen-bond acceptors (Lipinski definition) is 5. The SMILES string of the molecule is CN1CCCC2CN(c3cccc(/C(N)=N/O)n3)CCC21. The van der Waals surface area contributed by atoms with Crippen LogP contribution in [0.2, 0.25) is 0 Å². The van der Waals surface area contributed by atoms with Crippen LogP contribution in [-0.2, 0) is 0 Å². The maximum atomic E-state index is 8.78. The number of likely N-dealkylation sites (tertiary alicyclic amines) is 1. The molecule has 1 aromatic heterocycles. The molecule has 1 aromatic rings. The van der Waals surface area contributed by atoms with Gasteiger partial charge in [0.1, 0.15) is 11.5 Å². The predicted octanol–water partition coefficient (Wildman–Crippen LogP) is 1.10. The highest BCUT2D eigenvalue weighted by atomic mass is 16.4. The molecule has 3 N–H and O–H groups in total. The average molecular weight is 289 g/mol. The summed E-state index contributed by atoms with van der Waals surface area (Å²) in [6.45, 7) is 3.28. The van der Waals surface area contributed by atoms with E-state index in [0.29, 0.717) is 17.7 Å². The van der Waals surface area contributed by atoms with E-state index < -0.39 is 0 Å². The molecule has 0 radical (unpaired) electrons. The first-order chi connectivity index (χ1) is 10.2. The van der Waals surface area contributed by atoms with Gasteiger partial charge in [0.15, 0.2) is 5.84 Å². The van der Waals surface area contributed by atoms with Gasteiger partial charge in [0.25, 0.3) is 0 Å². The number of pyridine rings is 1. The zero-order valence-electron chi connectivity index (χ0n) is 12.4. The predicted molar refractivity (Wildman–Crippen MR) is 82.7 cm³/mol. The van der Waals surface area contributed by atoms with Crippen molar-refractivity contribution in [2.24, 2.45) is 16.8 Å². The molecule has 0 spiro atoms. The number of nitrogens with two attached hydrogens (primary N) is 1. The number of oxime groups is 1. The molecule has 3 heterocycles. The Morgan fingerprint density at radius 2 is 2.24 bits per heavy atom. The van der Waals surface area contributed by atoms with Gasteiger partial charge in [0.05, 0.1) is 0 Å². The van der Waals surface area contributed by atoms with E-state index in [1.165, 1.54) is 25.8 Å². The topological polar surface area (TPSA) is 78.0 Å². The minimum absolute atomic E-state index is 0.0594. The molecule has 0 saturated carbocycles. The second kappa shape index (κ2) is 5.89. The van der Waals surface area contributed by atoms with E-state index in [1.807, 2.05) is 12.1 Å². The maximum absolute atomic E-state index is 8.78. The van der Waals surface area contributed by atoms with Gasteiger partial charge in [-0.3, -0.25) is 0 Å². The Morgan fingerprint density at radius 3 is 3.05 bits per heavy atom. The van der Waals surface area contributed by atoms with Gasteiger partial charge in [0, 0.05) is 19.1 Å². The van der Waals surface area contributed by atoms with Gasteiger partial charge >= 0.3 is 0 Å². The fraction of sp³-hybridized carbons (Fsp3) is 0.600. The van der Waals surface area contributed by atoms with Gasteiger partial charge in [-0.05, 0) is 50.9 Å². The van der Waals surface area contributed by atoms with Gasteiger partial charge in [0.2, 0.25) is 0 Å². The maximum Gasteiger partial charge on any atom is 0.188 e. The first-order valence-corrected chi connectivity index (χ1v) is 7.59. The minimum atomic E-state index is 0.0594. The second-order valence-electron chi connectivity index (χ2n) is 6.05. The van der Waals surface area contributed by atoms with Crippen molar-refractivity contribution in [3.63, 3.8) is 0 Å². The van der Waals surface area contributed by atoms with Crippen molar-refractivity contribution >= 4 is 11.7 Å². The molecule has 6 heteroatoms. The van der Waals surface area contributed by atoms with Crippen molar-refractivity contribution in [1.29, 1.82) is 0 Å². The van der Waals surface area contributed by atoms with Crippen LogP contribution in [0.5, 0.6) is 0 Å². The van der Waals surface area contributed by atoms with Crippen LogP contribution in [0.1, 0.15) is 25.0 Å². The number of amidine groups is 1. The van der Waals surface area contributed by atoms with Crippen LogP contribution >= 0.6 is 0 Å². The lowest BCUT2D eigenvalue weighted by Crippen LogP contribution is -2.53. The molecule has 2 unspecified atom stereocenters. The van der Waals surface area contributed by atoms with Crippen LogP contribution in [0, 0.1) is 5.92 Å². The van der Waals surface area contributed by atoms with Crippen molar-refractivity contribution in [3.8, 4) is 0 Å². The summed E-state index contributed by atoms with van der Waals surface area (Å²) < 4.78 is 0. The monoisotopic (exact) mass is 289 g/mol. The highest BCUT2D eigenvalue weighted by Gasteiger charge is 2.34. The third-order valence-electron chi connectivity index (χ3n) is 4.77. The van der Waals surface area contributed by atoms with Gasteiger partial charge < -0.3 is 20.7 Å². The molecule has 2 saturated heterocycles. The van der Waals surface area contributed by atoms with Gasteiger partial charge in [-0.15, -0.1) is 0 Å². The van der Waals surface area contributed by atoms with Gasteiger partial charge in [-0.25, -0.2) is 4.98 Å². The molecule has 0 aliphatic carbocycles. The zero-order chi connectivity index (χ0) is 14.8. The molecule has 114 valence electrons. The molecule has 2 fully saturated rings. The van der Waals surface area contributed by atoms with Crippen LogP contribution in [0.15, 0.2) is 23.4 Å². The molecular formula is C15H23N5O. The Hall–Kier alpha value is -1.82. The highest BCUT2D eigenvalue weighted by molar-refractivity contribution is 5.95. The Balaban J connectivity index is 1.76. The Bertz CT molecular complexity index is 533. The quantitative estimate of drug-likeness (QED) is 0.369. The average Bonchev–Trinajstić information content (AvgIpc) is 2.54. The molecule has 21 heavy (non-hydrogen) atoms. The van der Waals surface area contributed by atoms with E-state index in [0.717, 1.165) is 18.9 Å². The fourth-order valence-electron chi connectivity index (χ4n) is 3.65. The Labute approximate surface area is 125 Å². The Morgan fingerprint density at radius 1 is 1.38 bits per heavy atom. The molecule has 2 atom stereocenters. The van der Waals surface area contributed by atoms with Crippen molar-refractivity contribution in [3.05, 3.63) is 23.9 Å². The number of nitrogens with zero attached hydrogens (tertiary/aromatic N) is 4. The van der Waals surface area contributed by atoms with E-state index in [2.05, 4.69) is 27.0 Å². The van der Waals surface area contributed by atoms with Crippen molar-refractivity contribution in [2.45, 2.75) is 25.3 Å². The van der Waals surface area contributed by atoms with E-state index in [1.54, 1.807) is 6.07 Å². The van der Waals surface area contributed by atoms with Gasteiger partial charge in [-0.2, -0.15) is 0 Å². The fourth-order valence-corrected chi connectivity index (χ4v) is 3.65. The summed E-state index contributed by atoms with van der Waals surface area (Å²) in [5.41, 5.74) is 6.16. The summed E-state index contributed by atoms with van der Waals surface area (Å²) in [6.07, 6.45) is 3.76. The lowest BCUT2D eigenvalue weighted by molar-refractivity contribution is 0.102. The summed E-state index contributed by atoms with van der Waals surface area (Å²) >= 11 is 0. The first kappa shape index (κ1) is 14.1. The Kier molecular flexibility index (Phi) is 3.96. The first-order valence-electron chi connectivity index (χ1n) is 7.59. The van der Waals surface area contributed by atoms with Crippen LogP contribution in [0.3, 0.4) is 0 Å². The van der Waals surface area contributed by atoms with Crippen LogP contribution in [-0.4, -0.2) is 53.7 Å². The van der Waals surface area contributed by atoms with Gasteiger partial charge in [-0.1, -0.05) is 11.2 Å². The third kappa shape index (κ3) is 2.81. The molecule has 0 aromatic carbocycles. The summed E-state index contributed by atoms with van der Waals surface area (Å²) in [5, 5.41) is 11.8. The highest BCUT2D eigenvalue weighted by Crippen LogP contribution is 2.31. The molecule has 0 bridgehead atoms. The van der Waals surface area contributed by atoms with E-state index in [9.17, 15) is 0 Å². The normalized spacial score (nSPS) is 27.5. The lowest BCUT2D eigenvalue weighted by Gasteiger charge is -2.46. The third-order valence-corrected chi connectivity index (χ3v) is 4.77. The molecule has 2 aliphatic heterocycles. The van der Waals surface area contributed by atoms with Crippen molar-refractivity contribution < 1.29 is 5.21 Å². The number of anilines is 1. The smallest absolute Gasteiger partial charge is 0.188 e. The standard InChI is InChI=1S/C15H23N5O/c1-19-8-3-4-11-10-20(9-7-13(11)19)14-6-2-5-12(17-14)15(16)18-21/h2,5-6,11,13,21H,3-4,7-10H2,1H3,(H2,16,18). The van der Waals surface area contributed by atoms with Crippen LogP contribution in [0.4, 0.5) is 5.82 Å². The summed E-state index contributed by atoms with van der Waals surface area (Å²) in [7, 11) is 2.24. The number of fused-ring (bicyclic) bond motifs is 1. The summed E-state index contributed by atoms with van der Waals surface area (Å²) in [6, 6.07) is 6.39. The van der Waals surface area contributed by atoms with Crippen molar-refractivity contribution in [1.82, 2.24) is 9.88 Å². The largest absolute Gasteiger partial charge is 0.409 e. The summed E-state index contributed by atoms with van der Waals surface area (Å²) in [4.78, 5) is 9.35. The molecule has 2 aliphatic rings. The van der Waals surface area contributed by atoms with Crippen molar-refractivity contribution in [2.75, 3.05) is 31.6 Å². The van der Waals surface area contributed by atoms with Crippen LogP contribution < -0.4 is 10.6 Å². The number of piperidine rings is 2. The zero-order valence-corrected chi connectivity index (χ0v) is 12.4. The summed E-state index contributed by atoms with van der Waals surface area (Å²) in [5.74, 6) is 1.70. The molecule has 0 amide bonds.